The fraction of sp³-hybridized carbons (Fsp3) is 0.889. The number of carbonyl (C=O) groups is 1. The summed E-state index contributed by atoms with van der Waals surface area (Å²) < 4.78 is 5.18. The van der Waals surface area contributed by atoms with Crippen molar-refractivity contribution in [3.05, 3.63) is 0 Å². The van der Waals surface area contributed by atoms with E-state index in [4.69, 9.17) is 4.74 Å². The van der Waals surface area contributed by atoms with Crippen LogP contribution in [-0.4, -0.2) is 23.3 Å². The van der Waals surface area contributed by atoms with Gasteiger partial charge in [0, 0.05) is 5.92 Å². The number of aliphatic hydroxyl groups is 1. The molecule has 0 spiro atoms. The quantitative estimate of drug-likeness (QED) is 0.544. The summed E-state index contributed by atoms with van der Waals surface area (Å²) >= 11 is 0. The van der Waals surface area contributed by atoms with Gasteiger partial charge < -0.3 is 9.84 Å². The molecule has 0 radical (unpaired) electrons. The van der Waals surface area contributed by atoms with Gasteiger partial charge in [0.1, 0.15) is 6.10 Å². The summed E-state index contributed by atoms with van der Waals surface area (Å²) in [4.78, 5) is 11.1. The summed E-state index contributed by atoms with van der Waals surface area (Å²) in [5.74, 6) is 0.172. The molecule has 68 valence electrons. The molecule has 0 aromatic carbocycles. The minimum atomic E-state index is -0.219. The maximum Gasteiger partial charge on any atom is 0.309 e. The lowest BCUT2D eigenvalue weighted by Gasteiger charge is -2.27. The van der Waals surface area contributed by atoms with E-state index >= 15 is 0 Å². The van der Waals surface area contributed by atoms with Gasteiger partial charge in [0.25, 0.3) is 0 Å². The molecule has 0 amide bonds. The van der Waals surface area contributed by atoms with Gasteiger partial charge in [-0.15, -0.1) is 0 Å². The highest BCUT2D eigenvalue weighted by molar-refractivity contribution is 5.74. The van der Waals surface area contributed by atoms with Gasteiger partial charge in [0.05, 0.1) is 12.0 Å². The van der Waals surface area contributed by atoms with Crippen molar-refractivity contribution in [1.29, 1.82) is 0 Å². The summed E-state index contributed by atoms with van der Waals surface area (Å²) in [6.45, 7) is 1.89. The predicted molar refractivity (Wildman–Crippen MR) is 42.4 cm³/mol. The van der Waals surface area contributed by atoms with Gasteiger partial charge in [-0.25, -0.2) is 0 Å². The van der Waals surface area contributed by atoms with E-state index in [-0.39, 0.29) is 30.0 Å². The molecular weight excluding hydrogens is 156 g/mol. The Morgan fingerprint density at radius 2 is 2.25 bits per heavy atom. The Hall–Kier alpha value is -0.570. The first-order chi connectivity index (χ1) is 5.68. The number of hydrogen-bond acceptors (Lipinski definition) is 3. The highest BCUT2D eigenvalue weighted by Crippen LogP contribution is 2.38. The van der Waals surface area contributed by atoms with Crippen molar-refractivity contribution in [3.8, 4) is 0 Å². The lowest BCUT2D eigenvalue weighted by atomic mass is 9.79. The highest BCUT2D eigenvalue weighted by Gasteiger charge is 2.44. The van der Waals surface area contributed by atoms with Gasteiger partial charge in [-0.2, -0.15) is 0 Å². The summed E-state index contributed by atoms with van der Waals surface area (Å²) in [7, 11) is 0. The largest absolute Gasteiger partial charge is 0.462 e. The Morgan fingerprint density at radius 3 is 3.00 bits per heavy atom. The molecule has 1 aliphatic heterocycles. The average molecular weight is 170 g/mol. The number of rotatable bonds is 0. The summed E-state index contributed by atoms with van der Waals surface area (Å²) in [6.07, 6.45) is 2.22. The zero-order valence-corrected chi connectivity index (χ0v) is 7.19. The second-order valence-corrected chi connectivity index (χ2v) is 3.89. The Balaban J connectivity index is 2.10. The lowest BCUT2D eigenvalue weighted by Crippen LogP contribution is -2.30. The first kappa shape index (κ1) is 8.05. The maximum atomic E-state index is 11.1. The van der Waals surface area contributed by atoms with Gasteiger partial charge in [0.15, 0.2) is 0 Å². The number of fused-ring (bicyclic) bond motifs is 1. The van der Waals surface area contributed by atoms with E-state index in [1.54, 1.807) is 0 Å². The van der Waals surface area contributed by atoms with Crippen molar-refractivity contribution >= 4 is 5.97 Å². The molecule has 2 rings (SSSR count). The van der Waals surface area contributed by atoms with Crippen molar-refractivity contribution in [3.63, 3.8) is 0 Å². The molecule has 4 atom stereocenters. The first-order valence-electron chi connectivity index (χ1n) is 4.57. The number of hydrogen-bond donors (Lipinski definition) is 1. The van der Waals surface area contributed by atoms with Gasteiger partial charge >= 0.3 is 5.97 Å². The second-order valence-electron chi connectivity index (χ2n) is 3.89. The van der Waals surface area contributed by atoms with E-state index in [0.29, 0.717) is 0 Å². The molecular formula is C9H14O3. The molecule has 1 heterocycles. The van der Waals surface area contributed by atoms with Gasteiger partial charge in [-0.3, -0.25) is 4.79 Å². The van der Waals surface area contributed by atoms with Gasteiger partial charge in [-0.05, 0) is 19.3 Å². The standard InChI is InChI=1S/C9H14O3/c1-5-7-4-6(10)2-3-8(7)12-9(5)11/h5-8,10H,2-4H2,1H3. The van der Waals surface area contributed by atoms with Crippen LogP contribution >= 0.6 is 0 Å². The molecule has 3 nitrogen and oxygen atoms in total. The zero-order chi connectivity index (χ0) is 8.72. The van der Waals surface area contributed by atoms with Crippen LogP contribution < -0.4 is 0 Å². The Kier molecular flexibility index (Phi) is 1.83. The van der Waals surface area contributed by atoms with E-state index in [2.05, 4.69) is 0 Å². The minimum Gasteiger partial charge on any atom is -0.462 e. The third-order valence-corrected chi connectivity index (χ3v) is 3.09. The molecule has 1 aliphatic carbocycles. The van der Waals surface area contributed by atoms with Crippen molar-refractivity contribution in [2.75, 3.05) is 0 Å². The predicted octanol–water partition coefficient (Wildman–Crippen LogP) is 0.709. The van der Waals surface area contributed by atoms with Crippen LogP contribution in [0, 0.1) is 11.8 Å². The zero-order valence-electron chi connectivity index (χ0n) is 7.19. The van der Waals surface area contributed by atoms with Crippen LogP contribution in [0.2, 0.25) is 0 Å². The fourth-order valence-electron chi connectivity index (χ4n) is 2.26. The van der Waals surface area contributed by atoms with Crippen molar-refractivity contribution in [1.82, 2.24) is 0 Å². The van der Waals surface area contributed by atoms with Gasteiger partial charge in [-0.1, -0.05) is 6.92 Å². The number of ether oxygens (including phenoxy) is 1. The van der Waals surface area contributed by atoms with E-state index in [0.717, 1.165) is 19.3 Å². The smallest absolute Gasteiger partial charge is 0.309 e. The Morgan fingerprint density at radius 1 is 1.50 bits per heavy atom. The number of aliphatic hydroxyl groups excluding tert-OH is 1. The summed E-state index contributed by atoms with van der Waals surface area (Å²) in [6, 6.07) is 0. The molecule has 3 heteroatoms. The molecule has 1 saturated heterocycles. The maximum absolute atomic E-state index is 11.1. The molecule has 0 aromatic rings. The summed E-state index contributed by atoms with van der Waals surface area (Å²) in [5, 5.41) is 9.39. The van der Waals surface area contributed by atoms with Crippen LogP contribution in [0.25, 0.3) is 0 Å². The summed E-state index contributed by atoms with van der Waals surface area (Å²) in [5.41, 5.74) is 0. The molecule has 2 fully saturated rings. The number of carbonyl (C=O) groups excluding carboxylic acids is 1. The first-order valence-corrected chi connectivity index (χ1v) is 4.57. The van der Waals surface area contributed by atoms with Crippen molar-refractivity contribution in [2.24, 2.45) is 11.8 Å². The molecule has 12 heavy (non-hydrogen) atoms. The monoisotopic (exact) mass is 170 g/mol. The molecule has 4 unspecified atom stereocenters. The minimum absolute atomic E-state index is 0.00931. The second kappa shape index (κ2) is 2.73. The van der Waals surface area contributed by atoms with Crippen LogP contribution in [0.15, 0.2) is 0 Å². The van der Waals surface area contributed by atoms with Crippen molar-refractivity contribution < 1.29 is 14.6 Å². The molecule has 0 bridgehead atoms. The SMILES string of the molecule is CC1C(=O)OC2CCC(O)CC21. The van der Waals surface area contributed by atoms with Crippen LogP contribution in [0.5, 0.6) is 0 Å². The lowest BCUT2D eigenvalue weighted by molar-refractivity contribution is -0.144. The molecule has 2 aliphatic rings. The number of esters is 1. The van der Waals surface area contributed by atoms with E-state index in [1.165, 1.54) is 0 Å². The van der Waals surface area contributed by atoms with E-state index < -0.39 is 0 Å². The third-order valence-electron chi connectivity index (χ3n) is 3.09. The average Bonchev–Trinajstić information content (AvgIpc) is 2.31. The molecule has 1 N–H and O–H groups in total. The normalized spacial score (nSPS) is 47.0. The molecule has 1 saturated carbocycles. The third kappa shape index (κ3) is 1.12. The van der Waals surface area contributed by atoms with Crippen molar-refractivity contribution in [2.45, 2.75) is 38.4 Å². The van der Waals surface area contributed by atoms with E-state index in [9.17, 15) is 9.90 Å². The van der Waals surface area contributed by atoms with Crippen LogP contribution in [0.4, 0.5) is 0 Å². The van der Waals surface area contributed by atoms with Gasteiger partial charge in [0.2, 0.25) is 0 Å². The molecule has 0 aromatic heterocycles. The van der Waals surface area contributed by atoms with E-state index in [1.807, 2.05) is 6.92 Å². The fourth-order valence-corrected chi connectivity index (χ4v) is 2.26. The van der Waals surface area contributed by atoms with Crippen LogP contribution in [0.1, 0.15) is 26.2 Å². The Bertz CT molecular complexity index is 202. The van der Waals surface area contributed by atoms with Crippen LogP contribution in [-0.2, 0) is 9.53 Å². The Labute approximate surface area is 71.7 Å². The topological polar surface area (TPSA) is 46.5 Å². The van der Waals surface area contributed by atoms with Crippen LogP contribution in [0.3, 0.4) is 0 Å². The highest BCUT2D eigenvalue weighted by atomic mass is 16.6.